The summed E-state index contributed by atoms with van der Waals surface area (Å²) in [6, 6.07) is -0.378. The Labute approximate surface area is 117 Å². The van der Waals surface area contributed by atoms with Gasteiger partial charge in [0.2, 0.25) is 10.0 Å². The van der Waals surface area contributed by atoms with Gasteiger partial charge >= 0.3 is 0 Å². The summed E-state index contributed by atoms with van der Waals surface area (Å²) in [5.74, 6) is 0. The maximum Gasteiger partial charge on any atom is 0.221 e. The van der Waals surface area contributed by atoms with Crippen LogP contribution in [-0.4, -0.2) is 23.6 Å². The molecule has 1 aromatic rings. The van der Waals surface area contributed by atoms with Crippen LogP contribution in [0, 0.1) is 0 Å². The lowest BCUT2D eigenvalue weighted by atomic mass is 10.4. The van der Waals surface area contributed by atoms with Crippen LogP contribution in [0.2, 0.25) is 0 Å². The van der Waals surface area contributed by atoms with Gasteiger partial charge in [-0.3, -0.25) is 0 Å². The number of sulfonamides is 1. The first-order chi connectivity index (χ1) is 8.27. The molecule has 2 atom stereocenters. The van der Waals surface area contributed by atoms with Gasteiger partial charge in [-0.05, 0) is 20.3 Å². The van der Waals surface area contributed by atoms with Gasteiger partial charge in [-0.2, -0.15) is 0 Å². The van der Waals surface area contributed by atoms with Crippen LogP contribution in [0.5, 0.6) is 0 Å². The van der Waals surface area contributed by atoms with Gasteiger partial charge in [-0.15, -0.1) is 11.3 Å². The van der Waals surface area contributed by atoms with E-state index < -0.39 is 15.3 Å². The summed E-state index contributed by atoms with van der Waals surface area (Å²) in [6.07, 6.45) is 2.65. The van der Waals surface area contributed by atoms with E-state index in [-0.39, 0.29) is 11.0 Å². The van der Waals surface area contributed by atoms with Crippen LogP contribution in [0.4, 0.5) is 0 Å². The second-order valence-electron chi connectivity index (χ2n) is 3.95. The highest BCUT2D eigenvalue weighted by molar-refractivity contribution is 7.93. The largest absolute Gasteiger partial charge is 0.392 e. The van der Waals surface area contributed by atoms with Crippen LogP contribution < -0.4 is 10.5 Å². The molecule has 0 aromatic carbocycles. The molecule has 1 rings (SSSR count). The highest BCUT2D eigenvalue weighted by atomic mass is 32.2. The molecule has 18 heavy (non-hydrogen) atoms. The molecule has 1 aromatic heterocycles. The Kier molecular flexibility index (Phi) is 5.20. The summed E-state index contributed by atoms with van der Waals surface area (Å²) in [4.78, 5) is 5.29. The molecule has 0 spiro atoms. The molecule has 8 heteroatoms. The van der Waals surface area contributed by atoms with E-state index in [9.17, 15) is 8.42 Å². The quantitative estimate of drug-likeness (QED) is 0.775. The number of hydrogen-bond donors (Lipinski definition) is 2. The van der Waals surface area contributed by atoms with Crippen molar-refractivity contribution in [3.63, 3.8) is 0 Å². The Morgan fingerprint density at radius 2 is 2.22 bits per heavy atom. The number of aryl methyl sites for hydroxylation is 1. The predicted molar refractivity (Wildman–Crippen MR) is 78.2 cm³/mol. The fourth-order valence-electron chi connectivity index (χ4n) is 1.24. The molecule has 0 aliphatic rings. The molecule has 5 nitrogen and oxygen atoms in total. The number of thiazole rings is 1. The molecule has 0 fully saturated rings. The fraction of sp³-hybridized carbons (Fsp3) is 0.600. The van der Waals surface area contributed by atoms with Gasteiger partial charge in [-0.25, -0.2) is 18.1 Å². The Morgan fingerprint density at radius 3 is 2.67 bits per heavy atom. The molecule has 1 heterocycles. The first kappa shape index (κ1) is 15.5. The van der Waals surface area contributed by atoms with E-state index in [1.54, 1.807) is 13.1 Å². The third kappa shape index (κ3) is 3.71. The number of rotatable bonds is 6. The lowest BCUT2D eigenvalue weighted by Gasteiger charge is -2.16. The van der Waals surface area contributed by atoms with Crippen LogP contribution in [0.3, 0.4) is 0 Å². The zero-order chi connectivity index (χ0) is 13.9. The Morgan fingerprint density at radius 1 is 1.61 bits per heavy atom. The van der Waals surface area contributed by atoms with E-state index >= 15 is 0 Å². The van der Waals surface area contributed by atoms with Crippen molar-refractivity contribution in [2.75, 3.05) is 0 Å². The van der Waals surface area contributed by atoms with Gasteiger partial charge in [0.1, 0.15) is 10.3 Å². The van der Waals surface area contributed by atoms with Crippen molar-refractivity contribution in [1.29, 1.82) is 0 Å². The highest BCUT2D eigenvalue weighted by Crippen LogP contribution is 2.21. The van der Waals surface area contributed by atoms with Gasteiger partial charge < -0.3 is 5.73 Å². The zero-order valence-electron chi connectivity index (χ0n) is 10.5. The van der Waals surface area contributed by atoms with Crippen molar-refractivity contribution >= 4 is 38.6 Å². The molecular formula is C10H17N3O2S3. The third-order valence-corrected chi connectivity index (χ3v) is 6.19. The summed E-state index contributed by atoms with van der Waals surface area (Å²) in [6.45, 7) is 5.25. The molecule has 0 aliphatic carbocycles. The first-order valence-corrected chi connectivity index (χ1v) is 8.30. The van der Waals surface area contributed by atoms with Crippen molar-refractivity contribution in [3.8, 4) is 0 Å². The van der Waals surface area contributed by atoms with Crippen molar-refractivity contribution in [2.24, 2.45) is 5.73 Å². The molecule has 0 radical (unpaired) electrons. The van der Waals surface area contributed by atoms with Crippen molar-refractivity contribution in [2.45, 2.75) is 38.5 Å². The van der Waals surface area contributed by atoms with Crippen LogP contribution >= 0.6 is 23.6 Å². The summed E-state index contributed by atoms with van der Waals surface area (Å²) < 4.78 is 26.4. The predicted octanol–water partition coefficient (Wildman–Crippen LogP) is 1.36. The number of thiocarbonyl (C=S) groups is 1. The van der Waals surface area contributed by atoms with E-state index in [0.29, 0.717) is 0 Å². The van der Waals surface area contributed by atoms with E-state index in [0.717, 1.165) is 16.3 Å². The van der Waals surface area contributed by atoms with Crippen molar-refractivity contribution in [3.05, 3.63) is 16.1 Å². The maximum absolute atomic E-state index is 11.9. The summed E-state index contributed by atoms with van der Waals surface area (Å²) in [5.41, 5.74) is 5.36. The second kappa shape index (κ2) is 6.05. The molecular weight excluding hydrogens is 290 g/mol. The van der Waals surface area contributed by atoms with Gasteiger partial charge in [0.05, 0.1) is 11.0 Å². The minimum Gasteiger partial charge on any atom is -0.392 e. The van der Waals surface area contributed by atoms with E-state index in [1.165, 1.54) is 18.3 Å². The smallest absolute Gasteiger partial charge is 0.221 e. The Balaban J connectivity index is 2.81. The topological polar surface area (TPSA) is 85.1 Å². The van der Waals surface area contributed by atoms with Gasteiger partial charge in [-0.1, -0.05) is 19.1 Å². The average molecular weight is 307 g/mol. The van der Waals surface area contributed by atoms with Crippen LogP contribution in [0.25, 0.3) is 0 Å². The summed E-state index contributed by atoms with van der Waals surface area (Å²) >= 11 is 6.20. The summed E-state index contributed by atoms with van der Waals surface area (Å²) in [7, 11) is -3.55. The number of hydrogen-bond acceptors (Lipinski definition) is 5. The highest BCUT2D eigenvalue weighted by Gasteiger charge is 2.26. The number of nitrogens with zero attached hydrogens (tertiary/aromatic N) is 1. The molecule has 0 bridgehead atoms. The fourth-order valence-corrected chi connectivity index (χ4v) is 3.67. The van der Waals surface area contributed by atoms with Crippen LogP contribution in [0.15, 0.2) is 6.20 Å². The van der Waals surface area contributed by atoms with Gasteiger partial charge in [0.15, 0.2) is 0 Å². The van der Waals surface area contributed by atoms with Gasteiger partial charge in [0, 0.05) is 11.1 Å². The zero-order valence-corrected chi connectivity index (χ0v) is 13.0. The minimum absolute atomic E-state index is 0.0388. The summed E-state index contributed by atoms with van der Waals surface area (Å²) in [5, 5.41) is -0.147. The Hall–Kier alpha value is -0.570. The second-order valence-corrected chi connectivity index (χ2v) is 7.60. The first-order valence-electron chi connectivity index (χ1n) is 5.53. The molecule has 0 amide bonds. The molecule has 3 N–H and O–H groups in total. The Bertz CT molecular complexity index is 524. The van der Waals surface area contributed by atoms with Crippen LogP contribution in [0.1, 0.15) is 36.7 Å². The molecule has 2 unspecified atom stereocenters. The molecule has 102 valence electrons. The van der Waals surface area contributed by atoms with E-state index in [2.05, 4.69) is 9.71 Å². The van der Waals surface area contributed by atoms with E-state index in [4.69, 9.17) is 18.0 Å². The van der Waals surface area contributed by atoms with Crippen molar-refractivity contribution < 1.29 is 8.42 Å². The monoisotopic (exact) mass is 307 g/mol. The molecule has 0 saturated carbocycles. The van der Waals surface area contributed by atoms with Crippen LogP contribution in [-0.2, 0) is 16.4 Å². The molecule has 0 aliphatic heterocycles. The van der Waals surface area contributed by atoms with Crippen molar-refractivity contribution in [1.82, 2.24) is 9.71 Å². The minimum atomic E-state index is -3.55. The lowest BCUT2D eigenvalue weighted by molar-refractivity contribution is 0.563. The van der Waals surface area contributed by atoms with Gasteiger partial charge in [0.25, 0.3) is 0 Å². The maximum atomic E-state index is 11.9. The standard InChI is InChI=1S/C10H17N3O2S3/c1-4-8-5-12-10(17-8)6(2)13-18(14,15)7(3)9(11)16/h5-7,13H,4H2,1-3H3,(H2,11,16). The lowest BCUT2D eigenvalue weighted by Crippen LogP contribution is -2.40. The normalized spacial score (nSPS) is 15.3. The SMILES string of the molecule is CCc1cnc(C(C)NS(=O)(=O)C(C)C(N)=S)s1. The number of aromatic nitrogens is 1. The van der Waals surface area contributed by atoms with E-state index in [1.807, 2.05) is 6.92 Å². The molecule has 0 saturated heterocycles. The number of nitrogens with two attached hydrogens (primary N) is 1. The third-order valence-electron chi connectivity index (χ3n) is 2.50. The number of nitrogens with one attached hydrogen (secondary N) is 1. The average Bonchev–Trinajstić information content (AvgIpc) is 2.75.